The molecular formula is C15H27FN2O3S. The number of rotatable bonds is 4. The molecule has 0 bridgehead atoms. The van der Waals surface area contributed by atoms with Crippen molar-refractivity contribution in [3.63, 3.8) is 0 Å². The van der Waals surface area contributed by atoms with Crippen molar-refractivity contribution < 1.29 is 17.6 Å². The summed E-state index contributed by atoms with van der Waals surface area (Å²) in [6.07, 6.45) is 6.16. The summed E-state index contributed by atoms with van der Waals surface area (Å²) in [6, 6.07) is 0. The van der Waals surface area contributed by atoms with E-state index in [1.165, 1.54) is 21.9 Å². The summed E-state index contributed by atoms with van der Waals surface area (Å²) < 4.78 is 38.8. The van der Waals surface area contributed by atoms with Gasteiger partial charge in [0.1, 0.15) is 0 Å². The van der Waals surface area contributed by atoms with Crippen LogP contribution in [0, 0.1) is 5.92 Å². The van der Waals surface area contributed by atoms with Crippen LogP contribution >= 0.6 is 0 Å². The maximum atomic E-state index is 14.3. The molecule has 128 valence electrons. The maximum Gasteiger partial charge on any atom is 0.257 e. The Balaban J connectivity index is 1.86. The highest BCUT2D eigenvalue weighted by molar-refractivity contribution is 7.88. The summed E-state index contributed by atoms with van der Waals surface area (Å²) in [5.41, 5.74) is 0. The van der Waals surface area contributed by atoms with Crippen LogP contribution in [-0.4, -0.2) is 62.1 Å². The first-order valence-corrected chi connectivity index (χ1v) is 10.1. The van der Waals surface area contributed by atoms with Crippen molar-refractivity contribution in [3.05, 3.63) is 0 Å². The molecule has 1 saturated carbocycles. The van der Waals surface area contributed by atoms with Gasteiger partial charge in [0.05, 0.1) is 6.26 Å². The van der Waals surface area contributed by atoms with Crippen molar-refractivity contribution in [1.29, 1.82) is 0 Å². The molecule has 1 aliphatic heterocycles. The minimum absolute atomic E-state index is 0.265. The average Bonchev–Trinajstić information content (AvgIpc) is 2.73. The molecule has 2 fully saturated rings. The van der Waals surface area contributed by atoms with Gasteiger partial charge < -0.3 is 4.90 Å². The third kappa shape index (κ3) is 4.91. The number of hydrogen-bond acceptors (Lipinski definition) is 3. The van der Waals surface area contributed by atoms with E-state index in [0.717, 1.165) is 25.7 Å². The molecule has 1 amide bonds. The average molecular weight is 334 g/mol. The normalized spacial score (nSPS) is 24.0. The highest BCUT2D eigenvalue weighted by Gasteiger charge is 2.30. The Bertz CT molecular complexity index is 477. The molecule has 1 heterocycles. The van der Waals surface area contributed by atoms with E-state index < -0.39 is 22.1 Å². The van der Waals surface area contributed by atoms with E-state index in [4.69, 9.17) is 0 Å². The van der Waals surface area contributed by atoms with Gasteiger partial charge in [0.15, 0.2) is 6.17 Å². The van der Waals surface area contributed by atoms with Crippen molar-refractivity contribution in [2.75, 3.05) is 32.4 Å². The van der Waals surface area contributed by atoms with E-state index in [-0.39, 0.29) is 13.1 Å². The zero-order valence-corrected chi connectivity index (χ0v) is 14.2. The Morgan fingerprint density at radius 3 is 2.41 bits per heavy atom. The topological polar surface area (TPSA) is 57.7 Å². The van der Waals surface area contributed by atoms with Crippen LogP contribution in [0.3, 0.4) is 0 Å². The molecule has 2 rings (SSSR count). The van der Waals surface area contributed by atoms with Gasteiger partial charge >= 0.3 is 0 Å². The predicted octanol–water partition coefficient (Wildman–Crippen LogP) is 1.79. The number of halogens is 1. The molecule has 0 aromatic heterocycles. The molecule has 7 heteroatoms. The second-order valence-corrected chi connectivity index (χ2v) is 8.53. The van der Waals surface area contributed by atoms with Crippen LogP contribution < -0.4 is 0 Å². The lowest BCUT2D eigenvalue weighted by atomic mass is 9.85. The molecule has 2 aliphatic rings. The Hall–Kier alpha value is -0.690. The fourth-order valence-corrected chi connectivity index (χ4v) is 4.33. The van der Waals surface area contributed by atoms with Gasteiger partial charge in [0.2, 0.25) is 10.0 Å². The quantitative estimate of drug-likeness (QED) is 0.787. The van der Waals surface area contributed by atoms with E-state index >= 15 is 0 Å². The Morgan fingerprint density at radius 2 is 1.77 bits per heavy atom. The number of alkyl halides is 1. The zero-order chi connectivity index (χ0) is 16.2. The molecule has 5 nitrogen and oxygen atoms in total. The van der Waals surface area contributed by atoms with E-state index in [1.807, 2.05) is 0 Å². The number of hydrogen-bond donors (Lipinski definition) is 0. The van der Waals surface area contributed by atoms with Crippen LogP contribution in [0.1, 0.15) is 44.9 Å². The summed E-state index contributed by atoms with van der Waals surface area (Å²) in [5.74, 6) is -0.131. The van der Waals surface area contributed by atoms with Crippen molar-refractivity contribution in [2.45, 2.75) is 51.1 Å². The Labute approximate surface area is 132 Å². The third-order valence-corrected chi connectivity index (χ3v) is 6.07. The molecule has 0 N–H and O–H groups in total. The minimum atomic E-state index is -3.24. The smallest absolute Gasteiger partial charge is 0.257 e. The number of nitrogens with zero attached hydrogens (tertiary/aromatic N) is 2. The molecule has 0 radical (unpaired) electrons. The second-order valence-electron chi connectivity index (χ2n) is 6.55. The van der Waals surface area contributed by atoms with Crippen LogP contribution in [0.5, 0.6) is 0 Å². The Kier molecular flexibility index (Phi) is 6.20. The predicted molar refractivity (Wildman–Crippen MR) is 83.7 cm³/mol. The lowest BCUT2D eigenvalue weighted by molar-refractivity contribution is -0.137. The van der Waals surface area contributed by atoms with Crippen molar-refractivity contribution in [3.8, 4) is 0 Å². The fourth-order valence-electron chi connectivity index (χ4n) is 3.46. The fraction of sp³-hybridized carbons (Fsp3) is 0.933. The Morgan fingerprint density at radius 1 is 1.09 bits per heavy atom. The van der Waals surface area contributed by atoms with Crippen LogP contribution in [0.2, 0.25) is 0 Å². The summed E-state index contributed by atoms with van der Waals surface area (Å²) in [5, 5.41) is 0. The molecule has 1 unspecified atom stereocenters. The van der Waals surface area contributed by atoms with Gasteiger partial charge in [-0.05, 0) is 18.8 Å². The van der Waals surface area contributed by atoms with Crippen molar-refractivity contribution in [1.82, 2.24) is 9.21 Å². The number of sulfonamides is 1. The van der Waals surface area contributed by atoms with Crippen LogP contribution in [-0.2, 0) is 14.8 Å². The number of carbonyl (C=O) groups is 1. The van der Waals surface area contributed by atoms with Crippen LogP contribution in [0.4, 0.5) is 4.39 Å². The summed E-state index contributed by atoms with van der Waals surface area (Å²) in [6.45, 7) is 1.40. The molecule has 1 aliphatic carbocycles. The monoisotopic (exact) mass is 334 g/mol. The van der Waals surface area contributed by atoms with Crippen molar-refractivity contribution in [2.24, 2.45) is 5.92 Å². The molecule has 22 heavy (non-hydrogen) atoms. The van der Waals surface area contributed by atoms with Crippen molar-refractivity contribution >= 4 is 15.9 Å². The highest BCUT2D eigenvalue weighted by Crippen LogP contribution is 2.28. The third-order valence-electron chi connectivity index (χ3n) is 4.77. The summed E-state index contributed by atoms with van der Waals surface area (Å²) in [7, 11) is -3.24. The molecule has 0 aromatic rings. The van der Waals surface area contributed by atoms with Gasteiger partial charge in [-0.1, -0.05) is 32.1 Å². The first kappa shape index (κ1) is 17.7. The van der Waals surface area contributed by atoms with Gasteiger partial charge in [-0.15, -0.1) is 0 Å². The number of carbonyl (C=O) groups excluding carboxylic acids is 1. The van der Waals surface area contributed by atoms with Gasteiger partial charge in [0.25, 0.3) is 5.91 Å². The lowest BCUT2D eigenvalue weighted by Crippen LogP contribution is -2.41. The first-order valence-electron chi connectivity index (χ1n) is 8.26. The zero-order valence-electron chi connectivity index (χ0n) is 13.3. The van der Waals surface area contributed by atoms with Gasteiger partial charge in [-0.25, -0.2) is 17.1 Å². The van der Waals surface area contributed by atoms with Gasteiger partial charge in [0, 0.05) is 26.2 Å². The lowest BCUT2D eigenvalue weighted by Gasteiger charge is -2.26. The molecular weight excluding hydrogens is 307 g/mol. The molecule has 0 spiro atoms. The van der Waals surface area contributed by atoms with E-state index in [1.54, 1.807) is 0 Å². The molecule has 1 atom stereocenters. The standard InChI is InChI=1S/C15H27FN2O3S/c1-22(20,21)18-9-5-8-17(10-11-18)15(19)14(16)12-13-6-3-2-4-7-13/h13-14H,2-12H2,1H3. The van der Waals surface area contributed by atoms with Gasteiger partial charge in [-0.3, -0.25) is 4.79 Å². The van der Waals surface area contributed by atoms with E-state index in [0.29, 0.717) is 31.8 Å². The largest absolute Gasteiger partial charge is 0.339 e. The maximum absolute atomic E-state index is 14.3. The molecule has 1 saturated heterocycles. The summed E-state index contributed by atoms with van der Waals surface area (Å²) >= 11 is 0. The first-order chi connectivity index (χ1) is 10.4. The minimum Gasteiger partial charge on any atom is -0.339 e. The molecule has 0 aromatic carbocycles. The van der Waals surface area contributed by atoms with Gasteiger partial charge in [-0.2, -0.15) is 0 Å². The second kappa shape index (κ2) is 7.73. The van der Waals surface area contributed by atoms with E-state index in [2.05, 4.69) is 0 Å². The summed E-state index contributed by atoms with van der Waals surface area (Å²) in [4.78, 5) is 13.8. The SMILES string of the molecule is CS(=O)(=O)N1CCCN(C(=O)C(F)CC2CCCCC2)CC1. The highest BCUT2D eigenvalue weighted by atomic mass is 32.2. The van der Waals surface area contributed by atoms with E-state index in [9.17, 15) is 17.6 Å². The van der Waals surface area contributed by atoms with Crippen LogP contribution in [0.15, 0.2) is 0 Å². The number of amides is 1. The van der Waals surface area contributed by atoms with Crippen LogP contribution in [0.25, 0.3) is 0 Å².